The van der Waals surface area contributed by atoms with Crippen molar-refractivity contribution in [3.05, 3.63) is 64.4 Å². The predicted octanol–water partition coefficient (Wildman–Crippen LogP) is 4.02. The maximum absolute atomic E-state index is 14.1. The minimum Gasteiger partial charge on any atom is -0.493 e. The van der Waals surface area contributed by atoms with Crippen molar-refractivity contribution in [1.29, 1.82) is 0 Å². The summed E-state index contributed by atoms with van der Waals surface area (Å²) in [5.41, 5.74) is 1.73. The number of hydrogen-bond acceptors (Lipinski definition) is 2. The molecule has 0 amide bonds. The van der Waals surface area contributed by atoms with Crippen molar-refractivity contribution < 1.29 is 9.13 Å². The molecule has 0 saturated heterocycles. The zero-order chi connectivity index (χ0) is 18.1. The first-order valence-electron chi connectivity index (χ1n) is 8.83. The maximum Gasteiger partial charge on any atom is 0.191 e. The Kier molecular flexibility index (Phi) is 4.72. The second-order valence-corrected chi connectivity index (χ2v) is 7.08. The molecule has 1 saturated carbocycles. The normalized spacial score (nSPS) is 24.4. The Labute approximate surface area is 157 Å². The van der Waals surface area contributed by atoms with Crippen LogP contribution in [-0.2, 0) is 0 Å². The van der Waals surface area contributed by atoms with Crippen LogP contribution in [0.1, 0.15) is 35.9 Å². The summed E-state index contributed by atoms with van der Waals surface area (Å²) in [4.78, 5) is 4.34. The quantitative estimate of drug-likeness (QED) is 0.631. The highest BCUT2D eigenvalue weighted by Crippen LogP contribution is 2.45. The van der Waals surface area contributed by atoms with Crippen molar-refractivity contribution in [3.63, 3.8) is 0 Å². The van der Waals surface area contributed by atoms with Crippen LogP contribution in [0, 0.1) is 5.82 Å². The number of fused-ring (bicyclic) bond motifs is 1. The molecule has 0 aromatic heterocycles. The molecule has 4 rings (SSSR count). The smallest absolute Gasteiger partial charge is 0.191 e. The molecule has 2 aromatic carbocycles. The Bertz CT molecular complexity index is 821. The van der Waals surface area contributed by atoms with Crippen molar-refractivity contribution in [2.75, 3.05) is 13.7 Å². The van der Waals surface area contributed by atoms with Gasteiger partial charge in [-0.15, -0.1) is 0 Å². The number of halogens is 2. The molecule has 1 aliphatic carbocycles. The number of aliphatic imine (C=N–C) groups is 1. The van der Waals surface area contributed by atoms with Crippen LogP contribution in [0.4, 0.5) is 4.39 Å². The first-order valence-corrected chi connectivity index (χ1v) is 9.20. The summed E-state index contributed by atoms with van der Waals surface area (Å²) in [5, 5.41) is 7.35. The van der Waals surface area contributed by atoms with Gasteiger partial charge < -0.3 is 15.4 Å². The number of nitrogens with one attached hydrogen (secondary N) is 2. The summed E-state index contributed by atoms with van der Waals surface area (Å²) in [7, 11) is 1.74. The largest absolute Gasteiger partial charge is 0.493 e. The van der Waals surface area contributed by atoms with Crippen LogP contribution >= 0.6 is 11.6 Å². The van der Waals surface area contributed by atoms with Crippen LogP contribution in [0.5, 0.6) is 5.75 Å². The molecule has 0 bridgehead atoms. The van der Waals surface area contributed by atoms with Crippen LogP contribution in [-0.4, -0.2) is 25.7 Å². The maximum atomic E-state index is 14.1. The van der Waals surface area contributed by atoms with E-state index in [1.165, 1.54) is 6.07 Å². The lowest BCUT2D eigenvalue weighted by Gasteiger charge is -2.28. The highest BCUT2D eigenvalue weighted by molar-refractivity contribution is 6.31. The van der Waals surface area contributed by atoms with Crippen molar-refractivity contribution in [3.8, 4) is 5.75 Å². The summed E-state index contributed by atoms with van der Waals surface area (Å²) in [6.07, 6.45) is 1.71. The molecule has 2 N–H and O–H groups in total. The first-order chi connectivity index (χ1) is 12.7. The Morgan fingerprint density at radius 3 is 2.85 bits per heavy atom. The third-order valence-electron chi connectivity index (χ3n) is 4.98. The fraction of sp³-hybridized carbons (Fsp3) is 0.350. The second-order valence-electron chi connectivity index (χ2n) is 6.67. The predicted molar refractivity (Wildman–Crippen MR) is 101 cm³/mol. The summed E-state index contributed by atoms with van der Waals surface area (Å²) >= 11 is 6.18. The highest BCUT2D eigenvalue weighted by Gasteiger charge is 2.42. The van der Waals surface area contributed by atoms with Gasteiger partial charge in [-0.05, 0) is 24.6 Å². The minimum atomic E-state index is -0.242. The lowest BCUT2D eigenvalue weighted by Crippen LogP contribution is -2.42. The van der Waals surface area contributed by atoms with E-state index < -0.39 is 0 Å². The van der Waals surface area contributed by atoms with Crippen molar-refractivity contribution >= 4 is 17.6 Å². The van der Waals surface area contributed by atoms with E-state index in [1.54, 1.807) is 19.2 Å². The SMILES string of the molecule is CN=C(NC1CCOc2ccccc21)NC1CC1c1c(F)cccc1Cl. The Morgan fingerprint density at radius 1 is 1.19 bits per heavy atom. The number of ether oxygens (including phenoxy) is 1. The van der Waals surface area contributed by atoms with E-state index in [0.717, 1.165) is 24.2 Å². The molecule has 3 unspecified atom stereocenters. The van der Waals surface area contributed by atoms with Gasteiger partial charge in [0, 0.05) is 41.6 Å². The third kappa shape index (κ3) is 3.36. The summed E-state index contributed by atoms with van der Waals surface area (Å²) < 4.78 is 19.8. The molecular formula is C20H21ClFN3O. The second kappa shape index (κ2) is 7.16. The monoisotopic (exact) mass is 373 g/mol. The van der Waals surface area contributed by atoms with Crippen molar-refractivity contribution in [1.82, 2.24) is 10.6 Å². The van der Waals surface area contributed by atoms with Crippen LogP contribution in [0.15, 0.2) is 47.5 Å². The molecule has 1 aliphatic heterocycles. The molecular weight excluding hydrogens is 353 g/mol. The van der Waals surface area contributed by atoms with Crippen LogP contribution in [0.25, 0.3) is 0 Å². The van der Waals surface area contributed by atoms with Gasteiger partial charge in [-0.3, -0.25) is 4.99 Å². The zero-order valence-corrected chi connectivity index (χ0v) is 15.3. The Balaban J connectivity index is 1.43. The van der Waals surface area contributed by atoms with Gasteiger partial charge in [-0.2, -0.15) is 0 Å². The fourth-order valence-electron chi connectivity index (χ4n) is 3.54. The van der Waals surface area contributed by atoms with Crippen LogP contribution in [0.3, 0.4) is 0 Å². The Hall–Kier alpha value is -2.27. The summed E-state index contributed by atoms with van der Waals surface area (Å²) in [6, 6.07) is 13.1. The average Bonchev–Trinajstić information content (AvgIpc) is 3.40. The zero-order valence-electron chi connectivity index (χ0n) is 14.5. The van der Waals surface area contributed by atoms with E-state index >= 15 is 0 Å². The number of rotatable bonds is 3. The van der Waals surface area contributed by atoms with Gasteiger partial charge in [-0.25, -0.2) is 4.39 Å². The Morgan fingerprint density at radius 2 is 2.04 bits per heavy atom. The molecule has 3 atom stereocenters. The standard InChI is InChI=1S/C20H21ClFN3O/c1-23-20(24-16-9-10-26-18-8-3-2-5-12(16)18)25-17-11-13(17)19-14(21)6-4-7-15(19)22/h2-8,13,16-17H,9-11H2,1H3,(H2,23,24,25). The molecule has 2 aliphatic rings. The molecule has 0 radical (unpaired) electrons. The molecule has 26 heavy (non-hydrogen) atoms. The van der Waals surface area contributed by atoms with E-state index in [9.17, 15) is 4.39 Å². The van der Waals surface area contributed by atoms with Crippen LogP contribution < -0.4 is 15.4 Å². The van der Waals surface area contributed by atoms with Gasteiger partial charge in [0.2, 0.25) is 0 Å². The van der Waals surface area contributed by atoms with Crippen molar-refractivity contribution in [2.24, 2.45) is 4.99 Å². The molecule has 1 fully saturated rings. The lowest BCUT2D eigenvalue weighted by atomic mass is 10.0. The topological polar surface area (TPSA) is 45.7 Å². The fourth-order valence-corrected chi connectivity index (χ4v) is 3.85. The minimum absolute atomic E-state index is 0.0734. The highest BCUT2D eigenvalue weighted by atomic mass is 35.5. The number of benzene rings is 2. The molecule has 136 valence electrons. The molecule has 0 spiro atoms. The van der Waals surface area contributed by atoms with E-state index in [0.29, 0.717) is 23.2 Å². The van der Waals surface area contributed by atoms with Crippen molar-refractivity contribution in [2.45, 2.75) is 30.8 Å². The van der Waals surface area contributed by atoms with Crippen LogP contribution in [0.2, 0.25) is 5.02 Å². The molecule has 2 aromatic rings. The van der Waals surface area contributed by atoms with Gasteiger partial charge in [0.05, 0.1) is 12.6 Å². The van der Waals surface area contributed by atoms with Gasteiger partial charge in [0.15, 0.2) is 5.96 Å². The van der Waals surface area contributed by atoms with E-state index in [1.807, 2.05) is 18.2 Å². The number of hydrogen-bond donors (Lipinski definition) is 2. The third-order valence-corrected chi connectivity index (χ3v) is 5.31. The van der Waals surface area contributed by atoms with E-state index in [4.69, 9.17) is 16.3 Å². The number of nitrogens with zero attached hydrogens (tertiary/aromatic N) is 1. The number of para-hydroxylation sites is 1. The molecule has 1 heterocycles. The van der Waals surface area contributed by atoms with Gasteiger partial charge >= 0.3 is 0 Å². The lowest BCUT2D eigenvalue weighted by molar-refractivity contribution is 0.261. The van der Waals surface area contributed by atoms with Gasteiger partial charge in [0.25, 0.3) is 0 Å². The number of guanidine groups is 1. The molecule has 4 nitrogen and oxygen atoms in total. The summed E-state index contributed by atoms with van der Waals surface area (Å²) in [6.45, 7) is 0.669. The average molecular weight is 374 g/mol. The van der Waals surface area contributed by atoms with Gasteiger partial charge in [0.1, 0.15) is 11.6 Å². The van der Waals surface area contributed by atoms with Gasteiger partial charge in [-0.1, -0.05) is 35.9 Å². The molecule has 6 heteroatoms. The first kappa shape index (κ1) is 17.2. The van der Waals surface area contributed by atoms with E-state index in [2.05, 4.69) is 21.7 Å². The summed E-state index contributed by atoms with van der Waals surface area (Å²) in [5.74, 6) is 1.46. The van der Waals surface area contributed by atoms with E-state index in [-0.39, 0.29) is 23.8 Å².